The molecule has 7 nitrogen and oxygen atoms in total. The molecule has 2 aromatic carbocycles. The molecule has 7 heteroatoms. The van der Waals surface area contributed by atoms with Gasteiger partial charge in [0.05, 0.1) is 5.71 Å². The number of fused-ring (bicyclic) bond motifs is 1. The molecule has 2 aliphatic rings. The molecule has 1 fully saturated rings. The monoisotopic (exact) mass is 470 g/mol. The smallest absolute Gasteiger partial charge is 0.289 e. The van der Waals surface area contributed by atoms with E-state index in [1.807, 2.05) is 49.1 Å². The number of hydrogen-bond acceptors (Lipinski definition) is 5. The maximum Gasteiger partial charge on any atom is 0.289 e. The number of rotatable bonds is 4. The van der Waals surface area contributed by atoms with Gasteiger partial charge in [0.15, 0.2) is 5.76 Å². The van der Waals surface area contributed by atoms with Crippen LogP contribution in [-0.2, 0) is 6.42 Å². The van der Waals surface area contributed by atoms with Crippen molar-refractivity contribution >= 4 is 23.2 Å². The van der Waals surface area contributed by atoms with Crippen LogP contribution in [0.2, 0.25) is 0 Å². The first-order valence-corrected chi connectivity index (χ1v) is 12.2. The summed E-state index contributed by atoms with van der Waals surface area (Å²) in [6, 6.07) is 17.6. The van der Waals surface area contributed by atoms with Crippen LogP contribution >= 0.6 is 0 Å². The number of nitrogens with zero attached hydrogens (tertiary/aromatic N) is 3. The first kappa shape index (κ1) is 22.9. The van der Waals surface area contributed by atoms with E-state index < -0.39 is 0 Å². The minimum Gasteiger partial charge on any atom is -0.455 e. The molecule has 2 amide bonds. The van der Waals surface area contributed by atoms with Gasteiger partial charge in [-0.25, -0.2) is 5.43 Å². The fourth-order valence-electron chi connectivity index (χ4n) is 4.82. The summed E-state index contributed by atoms with van der Waals surface area (Å²) in [5.74, 6) is 0.844. The van der Waals surface area contributed by atoms with E-state index in [-0.39, 0.29) is 11.8 Å². The largest absolute Gasteiger partial charge is 0.455 e. The number of hydrazone groups is 1. The van der Waals surface area contributed by atoms with E-state index in [0.29, 0.717) is 24.4 Å². The van der Waals surface area contributed by atoms with E-state index >= 15 is 0 Å². The van der Waals surface area contributed by atoms with Gasteiger partial charge < -0.3 is 14.2 Å². The van der Waals surface area contributed by atoms with Gasteiger partial charge in [-0.2, -0.15) is 5.10 Å². The standard InChI is InChI=1S/C28H30N4O3/c1-19-11-13-21(14-12-19)27(33)30-29-23-9-6-10-24-25(23)20(2)26(35-24)28(34)32-17-15-31(16-18-32)22-7-4-3-5-8-22/h3-5,7-8,11-14H,6,9-10,15-18H2,1-2H3,(H,30,33)/b29-23+. The molecule has 1 aromatic heterocycles. The van der Waals surface area contributed by atoms with Crippen molar-refractivity contribution < 1.29 is 14.0 Å². The predicted molar refractivity (Wildman–Crippen MR) is 136 cm³/mol. The van der Waals surface area contributed by atoms with Gasteiger partial charge in [-0.05, 0) is 51.0 Å². The molecular formula is C28H30N4O3. The van der Waals surface area contributed by atoms with Gasteiger partial charge in [0.1, 0.15) is 5.76 Å². The third kappa shape index (κ3) is 4.71. The van der Waals surface area contributed by atoms with Crippen molar-refractivity contribution in [1.29, 1.82) is 0 Å². The first-order chi connectivity index (χ1) is 17.0. The fraction of sp³-hybridized carbons (Fsp3) is 0.321. The molecule has 1 N–H and O–H groups in total. The van der Waals surface area contributed by atoms with Crippen LogP contribution in [0.3, 0.4) is 0 Å². The molecule has 0 saturated carbocycles. The van der Waals surface area contributed by atoms with Gasteiger partial charge in [0, 0.05) is 55.0 Å². The molecule has 0 spiro atoms. The van der Waals surface area contributed by atoms with E-state index in [4.69, 9.17) is 4.42 Å². The average Bonchev–Trinajstić information content (AvgIpc) is 3.24. The van der Waals surface area contributed by atoms with Crippen molar-refractivity contribution in [2.24, 2.45) is 5.10 Å². The van der Waals surface area contributed by atoms with Crippen LogP contribution in [0.1, 0.15) is 56.2 Å². The second kappa shape index (κ2) is 9.78. The third-order valence-electron chi connectivity index (χ3n) is 6.81. The van der Waals surface area contributed by atoms with Crippen LogP contribution in [0.5, 0.6) is 0 Å². The summed E-state index contributed by atoms with van der Waals surface area (Å²) < 4.78 is 6.10. The number of piperazine rings is 1. The summed E-state index contributed by atoms with van der Waals surface area (Å²) in [7, 11) is 0. The normalized spacial score (nSPS) is 16.8. The van der Waals surface area contributed by atoms with Gasteiger partial charge >= 0.3 is 0 Å². The van der Waals surface area contributed by atoms with E-state index in [2.05, 4.69) is 27.6 Å². The number of carbonyl (C=O) groups is 2. The maximum atomic E-state index is 13.4. The van der Waals surface area contributed by atoms with Crippen LogP contribution in [-0.4, -0.2) is 48.6 Å². The number of anilines is 1. The molecule has 3 aromatic rings. The SMILES string of the molecule is Cc1ccc(C(=O)N/N=C2\CCCc3oc(C(=O)N4CCN(c5ccccc5)CC4)c(C)c32)cc1. The van der Waals surface area contributed by atoms with Crippen LogP contribution in [0.15, 0.2) is 64.1 Å². The zero-order chi connectivity index (χ0) is 24.4. The number of benzene rings is 2. The highest BCUT2D eigenvalue weighted by Gasteiger charge is 2.31. The molecular weight excluding hydrogens is 440 g/mol. The lowest BCUT2D eigenvalue weighted by molar-refractivity contribution is 0.0711. The van der Waals surface area contributed by atoms with Gasteiger partial charge in [-0.1, -0.05) is 35.9 Å². The van der Waals surface area contributed by atoms with Crippen molar-refractivity contribution in [3.05, 3.63) is 88.4 Å². The Hall–Kier alpha value is -3.87. The number of carbonyl (C=O) groups excluding carboxylic acids is 2. The fourth-order valence-corrected chi connectivity index (χ4v) is 4.82. The summed E-state index contributed by atoms with van der Waals surface area (Å²) in [5.41, 5.74) is 7.96. The molecule has 1 aliphatic heterocycles. The quantitative estimate of drug-likeness (QED) is 0.576. The van der Waals surface area contributed by atoms with Gasteiger partial charge in [0.2, 0.25) is 0 Å². The molecule has 0 unspecified atom stereocenters. The van der Waals surface area contributed by atoms with E-state index in [0.717, 1.165) is 60.5 Å². The Labute approximate surface area is 205 Å². The zero-order valence-corrected chi connectivity index (χ0v) is 20.2. The van der Waals surface area contributed by atoms with Crippen molar-refractivity contribution in [1.82, 2.24) is 10.3 Å². The third-order valence-corrected chi connectivity index (χ3v) is 6.81. The summed E-state index contributed by atoms with van der Waals surface area (Å²) in [6.45, 7) is 6.76. The lowest BCUT2D eigenvalue weighted by atomic mass is 9.93. The second-order valence-electron chi connectivity index (χ2n) is 9.19. The molecule has 0 bridgehead atoms. The van der Waals surface area contributed by atoms with Crippen molar-refractivity contribution in [2.45, 2.75) is 33.1 Å². The summed E-state index contributed by atoms with van der Waals surface area (Å²) >= 11 is 0. The maximum absolute atomic E-state index is 13.4. The molecule has 180 valence electrons. The van der Waals surface area contributed by atoms with Gasteiger partial charge in [0.25, 0.3) is 11.8 Å². The number of amides is 2. The zero-order valence-electron chi connectivity index (χ0n) is 20.2. The molecule has 2 heterocycles. The number of para-hydroxylation sites is 1. The lowest BCUT2D eigenvalue weighted by Gasteiger charge is -2.35. The minimum absolute atomic E-state index is 0.0762. The topological polar surface area (TPSA) is 78.1 Å². The van der Waals surface area contributed by atoms with E-state index in [9.17, 15) is 9.59 Å². The van der Waals surface area contributed by atoms with Crippen LogP contribution in [0.4, 0.5) is 5.69 Å². The number of aryl methyl sites for hydroxylation is 2. The van der Waals surface area contributed by atoms with Crippen molar-refractivity contribution in [2.75, 3.05) is 31.1 Å². The minimum atomic E-state index is -0.252. The summed E-state index contributed by atoms with van der Waals surface area (Å²) in [6.07, 6.45) is 2.35. The Morgan fingerprint density at radius 1 is 0.914 bits per heavy atom. The second-order valence-corrected chi connectivity index (χ2v) is 9.19. The molecule has 0 radical (unpaired) electrons. The van der Waals surface area contributed by atoms with Gasteiger partial charge in [-0.3, -0.25) is 9.59 Å². The molecule has 1 saturated heterocycles. The highest BCUT2D eigenvalue weighted by atomic mass is 16.4. The van der Waals surface area contributed by atoms with Crippen molar-refractivity contribution in [3.8, 4) is 0 Å². The average molecular weight is 471 g/mol. The number of hydrogen-bond donors (Lipinski definition) is 1. The Kier molecular flexibility index (Phi) is 6.40. The summed E-state index contributed by atoms with van der Waals surface area (Å²) in [4.78, 5) is 30.1. The Morgan fingerprint density at radius 3 is 2.34 bits per heavy atom. The highest BCUT2D eigenvalue weighted by Crippen LogP contribution is 2.31. The van der Waals surface area contributed by atoms with Crippen LogP contribution < -0.4 is 10.3 Å². The Morgan fingerprint density at radius 2 is 1.63 bits per heavy atom. The van der Waals surface area contributed by atoms with Crippen LogP contribution in [0.25, 0.3) is 0 Å². The summed E-state index contributed by atoms with van der Waals surface area (Å²) in [5, 5.41) is 4.44. The van der Waals surface area contributed by atoms with Crippen molar-refractivity contribution in [3.63, 3.8) is 0 Å². The Balaban J connectivity index is 1.30. The van der Waals surface area contributed by atoms with E-state index in [1.54, 1.807) is 12.1 Å². The van der Waals surface area contributed by atoms with E-state index in [1.165, 1.54) is 5.69 Å². The highest BCUT2D eigenvalue weighted by molar-refractivity contribution is 6.07. The Bertz CT molecular complexity index is 1250. The number of furan rings is 1. The van der Waals surface area contributed by atoms with Crippen LogP contribution in [0, 0.1) is 13.8 Å². The van der Waals surface area contributed by atoms with Gasteiger partial charge in [-0.15, -0.1) is 0 Å². The lowest BCUT2D eigenvalue weighted by Crippen LogP contribution is -2.48. The molecule has 1 aliphatic carbocycles. The molecule has 0 atom stereocenters. The number of nitrogens with one attached hydrogen (secondary N) is 1. The molecule has 5 rings (SSSR count). The predicted octanol–water partition coefficient (Wildman–Crippen LogP) is 4.33. The molecule has 35 heavy (non-hydrogen) atoms. The first-order valence-electron chi connectivity index (χ1n) is 12.2.